The van der Waals surface area contributed by atoms with Gasteiger partial charge >= 0.3 is 0 Å². The van der Waals surface area contributed by atoms with E-state index in [1.807, 2.05) is 0 Å². The van der Waals surface area contributed by atoms with Gasteiger partial charge in [-0.15, -0.1) is 0 Å². The third-order valence-electron chi connectivity index (χ3n) is 4.32. The standard InChI is InChI=1S/C14H21FN2O2S/c1-2-14(6-3-7-14)10-17-20(18,19)13-8-11(9-16)4-5-12(13)15/h4-5,8,17H,2-3,6-7,9-10,16H2,1H3. The van der Waals surface area contributed by atoms with Crippen molar-refractivity contribution in [2.45, 2.75) is 44.0 Å². The molecular weight excluding hydrogens is 279 g/mol. The van der Waals surface area contributed by atoms with Crippen molar-refractivity contribution in [3.63, 3.8) is 0 Å². The summed E-state index contributed by atoms with van der Waals surface area (Å²) in [6, 6.07) is 3.95. The summed E-state index contributed by atoms with van der Waals surface area (Å²) in [5.74, 6) is -0.742. The lowest BCUT2D eigenvalue weighted by atomic mass is 9.67. The molecule has 1 aromatic rings. The third kappa shape index (κ3) is 3.02. The van der Waals surface area contributed by atoms with Gasteiger partial charge in [0.1, 0.15) is 10.7 Å². The van der Waals surface area contributed by atoms with E-state index in [9.17, 15) is 12.8 Å². The fourth-order valence-corrected chi connectivity index (χ4v) is 3.82. The minimum atomic E-state index is -3.82. The highest BCUT2D eigenvalue weighted by molar-refractivity contribution is 7.89. The summed E-state index contributed by atoms with van der Waals surface area (Å²) >= 11 is 0. The van der Waals surface area contributed by atoms with E-state index in [-0.39, 0.29) is 16.9 Å². The summed E-state index contributed by atoms with van der Waals surface area (Å²) in [6.07, 6.45) is 4.11. The van der Waals surface area contributed by atoms with Gasteiger partial charge in [0, 0.05) is 13.1 Å². The van der Waals surface area contributed by atoms with Gasteiger partial charge in [0.2, 0.25) is 10.0 Å². The Balaban J connectivity index is 2.18. The number of nitrogens with one attached hydrogen (secondary N) is 1. The molecule has 2 rings (SSSR count). The van der Waals surface area contributed by atoms with Crippen molar-refractivity contribution in [2.24, 2.45) is 11.1 Å². The van der Waals surface area contributed by atoms with Crippen LogP contribution >= 0.6 is 0 Å². The molecule has 0 saturated heterocycles. The predicted octanol–water partition coefficient (Wildman–Crippen LogP) is 2.14. The van der Waals surface area contributed by atoms with Gasteiger partial charge in [-0.2, -0.15) is 0 Å². The summed E-state index contributed by atoms with van der Waals surface area (Å²) in [5, 5.41) is 0. The third-order valence-corrected chi connectivity index (χ3v) is 5.74. The molecule has 0 aliphatic heterocycles. The molecule has 0 spiro atoms. The molecule has 20 heavy (non-hydrogen) atoms. The van der Waals surface area contributed by atoms with Gasteiger partial charge in [-0.3, -0.25) is 0 Å². The monoisotopic (exact) mass is 300 g/mol. The first-order chi connectivity index (χ1) is 9.42. The lowest BCUT2D eigenvalue weighted by Gasteiger charge is -2.41. The summed E-state index contributed by atoms with van der Waals surface area (Å²) in [7, 11) is -3.82. The minimum absolute atomic E-state index is 0.0506. The number of halogens is 1. The lowest BCUT2D eigenvalue weighted by molar-refractivity contribution is 0.133. The van der Waals surface area contributed by atoms with Crippen LogP contribution in [0.3, 0.4) is 0 Å². The largest absolute Gasteiger partial charge is 0.326 e. The van der Waals surface area contributed by atoms with E-state index in [0.717, 1.165) is 31.7 Å². The molecular formula is C14H21FN2O2S. The summed E-state index contributed by atoms with van der Waals surface area (Å²) < 4.78 is 40.8. The van der Waals surface area contributed by atoms with Crippen molar-refractivity contribution in [2.75, 3.05) is 6.54 Å². The molecule has 1 aliphatic carbocycles. The van der Waals surface area contributed by atoms with Crippen molar-refractivity contribution < 1.29 is 12.8 Å². The summed E-state index contributed by atoms with van der Waals surface area (Å²) in [6.45, 7) is 2.61. The van der Waals surface area contributed by atoms with Crippen LogP contribution in [0.1, 0.15) is 38.2 Å². The smallest absolute Gasteiger partial charge is 0.243 e. The highest BCUT2D eigenvalue weighted by Crippen LogP contribution is 2.43. The maximum absolute atomic E-state index is 13.7. The van der Waals surface area contributed by atoms with E-state index < -0.39 is 15.8 Å². The van der Waals surface area contributed by atoms with Crippen LogP contribution in [-0.4, -0.2) is 15.0 Å². The van der Waals surface area contributed by atoms with Crippen molar-refractivity contribution in [3.8, 4) is 0 Å². The number of benzene rings is 1. The maximum Gasteiger partial charge on any atom is 0.243 e. The molecule has 0 radical (unpaired) electrons. The van der Waals surface area contributed by atoms with E-state index in [4.69, 9.17) is 5.73 Å². The van der Waals surface area contributed by atoms with Crippen LogP contribution in [0.25, 0.3) is 0 Å². The van der Waals surface area contributed by atoms with Crippen LogP contribution < -0.4 is 10.5 Å². The highest BCUT2D eigenvalue weighted by atomic mass is 32.2. The Morgan fingerprint density at radius 2 is 2.10 bits per heavy atom. The second-order valence-corrected chi connectivity index (χ2v) is 7.24. The first-order valence-electron chi connectivity index (χ1n) is 6.91. The molecule has 0 aromatic heterocycles. The number of hydrogen-bond acceptors (Lipinski definition) is 3. The Morgan fingerprint density at radius 3 is 2.60 bits per heavy atom. The molecule has 0 unspecified atom stereocenters. The van der Waals surface area contributed by atoms with E-state index in [2.05, 4.69) is 11.6 Å². The van der Waals surface area contributed by atoms with Gasteiger partial charge in [-0.1, -0.05) is 19.4 Å². The molecule has 4 nitrogen and oxygen atoms in total. The molecule has 3 N–H and O–H groups in total. The Morgan fingerprint density at radius 1 is 1.40 bits per heavy atom. The van der Waals surface area contributed by atoms with E-state index in [0.29, 0.717) is 12.1 Å². The van der Waals surface area contributed by atoms with Crippen LogP contribution in [0.4, 0.5) is 4.39 Å². The molecule has 0 heterocycles. The van der Waals surface area contributed by atoms with Gasteiger partial charge in [0.05, 0.1) is 0 Å². The molecule has 0 atom stereocenters. The van der Waals surface area contributed by atoms with Crippen molar-refractivity contribution in [1.82, 2.24) is 4.72 Å². The average molecular weight is 300 g/mol. The second kappa shape index (κ2) is 5.79. The van der Waals surface area contributed by atoms with E-state index in [1.54, 1.807) is 0 Å². The van der Waals surface area contributed by atoms with Gasteiger partial charge in [0.15, 0.2) is 0 Å². The average Bonchev–Trinajstić information content (AvgIpc) is 2.38. The maximum atomic E-state index is 13.7. The molecule has 1 aromatic carbocycles. The van der Waals surface area contributed by atoms with Crippen LogP contribution in [0.15, 0.2) is 23.1 Å². The van der Waals surface area contributed by atoms with Crippen LogP contribution in [-0.2, 0) is 16.6 Å². The molecule has 6 heteroatoms. The van der Waals surface area contributed by atoms with Gasteiger partial charge in [-0.25, -0.2) is 17.5 Å². The minimum Gasteiger partial charge on any atom is -0.326 e. The second-order valence-electron chi connectivity index (χ2n) is 5.50. The van der Waals surface area contributed by atoms with Crippen LogP contribution in [0.2, 0.25) is 0 Å². The number of hydrogen-bond donors (Lipinski definition) is 2. The molecule has 112 valence electrons. The highest BCUT2D eigenvalue weighted by Gasteiger charge is 2.36. The SMILES string of the molecule is CCC1(CNS(=O)(=O)c2cc(CN)ccc2F)CCC1. The number of rotatable bonds is 6. The predicted molar refractivity (Wildman–Crippen MR) is 76.1 cm³/mol. The Bertz CT molecular complexity index is 577. The molecule has 0 bridgehead atoms. The zero-order valence-electron chi connectivity index (χ0n) is 11.7. The zero-order valence-corrected chi connectivity index (χ0v) is 12.5. The molecule has 0 amide bonds. The van der Waals surface area contributed by atoms with E-state index in [1.165, 1.54) is 12.1 Å². The van der Waals surface area contributed by atoms with Gasteiger partial charge < -0.3 is 5.73 Å². The molecule has 1 saturated carbocycles. The lowest BCUT2D eigenvalue weighted by Crippen LogP contribution is -2.41. The summed E-state index contributed by atoms with van der Waals surface area (Å²) in [5.41, 5.74) is 6.12. The topological polar surface area (TPSA) is 72.2 Å². The Hall–Kier alpha value is -0.980. The van der Waals surface area contributed by atoms with E-state index >= 15 is 0 Å². The van der Waals surface area contributed by atoms with Gasteiger partial charge in [-0.05, 0) is 42.4 Å². The van der Waals surface area contributed by atoms with Crippen molar-refractivity contribution in [1.29, 1.82) is 0 Å². The first kappa shape index (κ1) is 15.4. The van der Waals surface area contributed by atoms with Crippen molar-refractivity contribution in [3.05, 3.63) is 29.6 Å². The number of sulfonamides is 1. The fourth-order valence-electron chi connectivity index (χ4n) is 2.54. The zero-order chi connectivity index (χ0) is 14.8. The fraction of sp³-hybridized carbons (Fsp3) is 0.571. The van der Waals surface area contributed by atoms with Crippen LogP contribution in [0, 0.1) is 11.2 Å². The quantitative estimate of drug-likeness (QED) is 0.845. The normalized spacial score (nSPS) is 17.8. The van der Waals surface area contributed by atoms with Crippen molar-refractivity contribution >= 4 is 10.0 Å². The van der Waals surface area contributed by atoms with Crippen LogP contribution in [0.5, 0.6) is 0 Å². The number of nitrogens with two attached hydrogens (primary N) is 1. The Labute approximate surface area is 119 Å². The van der Waals surface area contributed by atoms with Gasteiger partial charge in [0.25, 0.3) is 0 Å². The molecule has 1 aliphatic rings. The first-order valence-corrected chi connectivity index (χ1v) is 8.39. The molecule has 1 fully saturated rings. The Kier molecular flexibility index (Phi) is 4.46. The summed E-state index contributed by atoms with van der Waals surface area (Å²) in [4.78, 5) is -0.314.